The standard InChI is InChI=1S/C11H12FN3/c12-8-3-7-4-9(11(6-13)1-2-11)15-10(7)14-5-8/h3-5H,1-2,6,13H2,(H,14,15). The number of rotatable bonds is 2. The first-order valence-electron chi connectivity index (χ1n) is 5.08. The number of nitrogens with one attached hydrogen (secondary N) is 1. The molecule has 78 valence electrons. The number of halogens is 1. The maximum Gasteiger partial charge on any atom is 0.142 e. The number of H-pyrrole nitrogens is 1. The molecular formula is C11H12FN3. The molecule has 0 amide bonds. The molecule has 3 nitrogen and oxygen atoms in total. The molecule has 0 aliphatic heterocycles. The number of nitrogens with zero attached hydrogens (tertiary/aromatic N) is 1. The Morgan fingerprint density at radius 1 is 1.47 bits per heavy atom. The van der Waals surface area contributed by atoms with Gasteiger partial charge in [-0.2, -0.15) is 0 Å². The van der Waals surface area contributed by atoms with Crippen molar-refractivity contribution in [2.75, 3.05) is 6.54 Å². The van der Waals surface area contributed by atoms with E-state index in [0.29, 0.717) is 6.54 Å². The van der Waals surface area contributed by atoms with E-state index in [-0.39, 0.29) is 11.2 Å². The van der Waals surface area contributed by atoms with Crippen LogP contribution in [0.25, 0.3) is 11.0 Å². The van der Waals surface area contributed by atoms with Gasteiger partial charge in [-0.1, -0.05) is 0 Å². The molecule has 2 aromatic rings. The summed E-state index contributed by atoms with van der Waals surface area (Å²) < 4.78 is 12.9. The third-order valence-corrected chi connectivity index (χ3v) is 3.25. The summed E-state index contributed by atoms with van der Waals surface area (Å²) in [6, 6.07) is 3.46. The third kappa shape index (κ3) is 1.25. The zero-order valence-corrected chi connectivity index (χ0v) is 8.26. The Morgan fingerprint density at radius 3 is 2.93 bits per heavy atom. The van der Waals surface area contributed by atoms with Gasteiger partial charge in [0.25, 0.3) is 0 Å². The summed E-state index contributed by atoms with van der Waals surface area (Å²) in [7, 11) is 0. The van der Waals surface area contributed by atoms with Crippen molar-refractivity contribution in [3.8, 4) is 0 Å². The summed E-state index contributed by atoms with van der Waals surface area (Å²) in [5.74, 6) is -0.300. The lowest BCUT2D eigenvalue weighted by Crippen LogP contribution is -2.19. The smallest absolute Gasteiger partial charge is 0.142 e. The van der Waals surface area contributed by atoms with Crippen molar-refractivity contribution in [1.82, 2.24) is 9.97 Å². The van der Waals surface area contributed by atoms with Crippen molar-refractivity contribution in [3.63, 3.8) is 0 Å². The Morgan fingerprint density at radius 2 is 2.27 bits per heavy atom. The normalized spacial score (nSPS) is 18.3. The van der Waals surface area contributed by atoms with Gasteiger partial charge in [0.05, 0.1) is 6.20 Å². The van der Waals surface area contributed by atoms with E-state index in [1.165, 1.54) is 12.3 Å². The molecule has 1 saturated carbocycles. The van der Waals surface area contributed by atoms with Gasteiger partial charge in [-0.05, 0) is 25.0 Å². The Labute approximate surface area is 86.5 Å². The van der Waals surface area contributed by atoms with Gasteiger partial charge < -0.3 is 10.7 Å². The molecule has 1 aliphatic rings. The number of hydrogen-bond donors (Lipinski definition) is 2. The van der Waals surface area contributed by atoms with Crippen molar-refractivity contribution in [2.45, 2.75) is 18.3 Å². The van der Waals surface area contributed by atoms with Gasteiger partial charge in [0, 0.05) is 23.0 Å². The second-order valence-electron chi connectivity index (χ2n) is 4.26. The first-order chi connectivity index (χ1) is 7.23. The Bertz CT molecular complexity index is 514. The predicted octanol–water partition coefficient (Wildman–Crippen LogP) is 1.69. The second kappa shape index (κ2) is 2.79. The van der Waals surface area contributed by atoms with Gasteiger partial charge in [0.1, 0.15) is 11.5 Å². The van der Waals surface area contributed by atoms with Crippen LogP contribution in [0.2, 0.25) is 0 Å². The quantitative estimate of drug-likeness (QED) is 0.783. The maximum absolute atomic E-state index is 12.9. The third-order valence-electron chi connectivity index (χ3n) is 3.25. The second-order valence-corrected chi connectivity index (χ2v) is 4.26. The van der Waals surface area contributed by atoms with E-state index in [4.69, 9.17) is 5.73 Å². The molecule has 15 heavy (non-hydrogen) atoms. The van der Waals surface area contributed by atoms with E-state index < -0.39 is 0 Å². The number of nitrogens with two attached hydrogens (primary N) is 1. The van der Waals surface area contributed by atoms with Gasteiger partial charge in [0.2, 0.25) is 0 Å². The lowest BCUT2D eigenvalue weighted by Gasteiger charge is -2.08. The monoisotopic (exact) mass is 205 g/mol. The van der Waals surface area contributed by atoms with Crippen LogP contribution in [0.1, 0.15) is 18.5 Å². The van der Waals surface area contributed by atoms with Crippen LogP contribution in [-0.2, 0) is 5.41 Å². The topological polar surface area (TPSA) is 54.7 Å². The molecule has 1 aliphatic carbocycles. The van der Waals surface area contributed by atoms with Crippen LogP contribution in [-0.4, -0.2) is 16.5 Å². The van der Waals surface area contributed by atoms with Gasteiger partial charge in [-0.25, -0.2) is 9.37 Å². The minimum absolute atomic E-state index is 0.108. The zero-order chi connectivity index (χ0) is 10.5. The van der Waals surface area contributed by atoms with E-state index in [9.17, 15) is 4.39 Å². The average Bonchev–Trinajstić information content (AvgIpc) is 2.93. The van der Waals surface area contributed by atoms with Crippen molar-refractivity contribution < 1.29 is 4.39 Å². The van der Waals surface area contributed by atoms with Crippen LogP contribution in [0.15, 0.2) is 18.3 Å². The van der Waals surface area contributed by atoms with Crippen LogP contribution in [0.4, 0.5) is 4.39 Å². The molecule has 2 aromatic heterocycles. The highest BCUT2D eigenvalue weighted by atomic mass is 19.1. The summed E-state index contributed by atoms with van der Waals surface area (Å²) in [4.78, 5) is 7.22. The highest BCUT2D eigenvalue weighted by Crippen LogP contribution is 2.47. The molecule has 1 fully saturated rings. The fourth-order valence-corrected chi connectivity index (χ4v) is 2.01. The Hall–Kier alpha value is -1.42. The summed E-state index contributed by atoms with van der Waals surface area (Å²) in [6.07, 6.45) is 3.45. The van der Waals surface area contributed by atoms with E-state index >= 15 is 0 Å². The van der Waals surface area contributed by atoms with Gasteiger partial charge in [-0.3, -0.25) is 0 Å². The number of aromatic amines is 1. The highest BCUT2D eigenvalue weighted by Gasteiger charge is 2.44. The molecule has 0 unspecified atom stereocenters. The summed E-state index contributed by atoms with van der Waals surface area (Å²) in [5, 5.41) is 0.824. The van der Waals surface area contributed by atoms with Gasteiger partial charge in [-0.15, -0.1) is 0 Å². The van der Waals surface area contributed by atoms with Crippen LogP contribution in [0.5, 0.6) is 0 Å². The minimum Gasteiger partial charge on any atom is -0.343 e. The number of aromatic nitrogens is 2. The molecule has 0 atom stereocenters. The predicted molar refractivity (Wildman–Crippen MR) is 56.0 cm³/mol. The summed E-state index contributed by atoms with van der Waals surface area (Å²) >= 11 is 0. The Kier molecular flexibility index (Phi) is 1.65. The van der Waals surface area contributed by atoms with E-state index in [0.717, 1.165) is 29.6 Å². The molecule has 0 spiro atoms. The molecular weight excluding hydrogens is 193 g/mol. The maximum atomic E-state index is 12.9. The highest BCUT2D eigenvalue weighted by molar-refractivity contribution is 5.77. The van der Waals surface area contributed by atoms with Crippen molar-refractivity contribution in [2.24, 2.45) is 5.73 Å². The molecule has 0 bridgehead atoms. The fourth-order valence-electron chi connectivity index (χ4n) is 2.01. The lowest BCUT2D eigenvalue weighted by atomic mass is 10.0. The minimum atomic E-state index is -0.300. The first-order valence-corrected chi connectivity index (χ1v) is 5.08. The summed E-state index contributed by atoms with van der Waals surface area (Å²) in [6.45, 7) is 0.641. The van der Waals surface area contributed by atoms with Crippen LogP contribution < -0.4 is 5.73 Å². The van der Waals surface area contributed by atoms with Crippen LogP contribution >= 0.6 is 0 Å². The van der Waals surface area contributed by atoms with Crippen LogP contribution in [0.3, 0.4) is 0 Å². The largest absolute Gasteiger partial charge is 0.343 e. The SMILES string of the molecule is NCC1(c2cc3cc(F)cnc3[nH]2)CC1. The average molecular weight is 205 g/mol. The van der Waals surface area contributed by atoms with Crippen molar-refractivity contribution >= 4 is 11.0 Å². The molecule has 3 N–H and O–H groups in total. The molecule has 2 heterocycles. The summed E-state index contributed by atoms with van der Waals surface area (Å²) in [5.41, 5.74) is 7.68. The van der Waals surface area contributed by atoms with Crippen LogP contribution in [0, 0.1) is 5.82 Å². The van der Waals surface area contributed by atoms with E-state index in [2.05, 4.69) is 9.97 Å². The Balaban J connectivity index is 2.14. The molecule has 3 rings (SSSR count). The number of fused-ring (bicyclic) bond motifs is 1. The number of hydrogen-bond acceptors (Lipinski definition) is 2. The van der Waals surface area contributed by atoms with Gasteiger partial charge >= 0.3 is 0 Å². The zero-order valence-electron chi connectivity index (χ0n) is 8.26. The molecule has 0 radical (unpaired) electrons. The van der Waals surface area contributed by atoms with Crippen molar-refractivity contribution in [3.05, 3.63) is 29.8 Å². The number of pyridine rings is 1. The first kappa shape index (κ1) is 8.85. The van der Waals surface area contributed by atoms with E-state index in [1.54, 1.807) is 0 Å². The van der Waals surface area contributed by atoms with Crippen molar-refractivity contribution in [1.29, 1.82) is 0 Å². The molecule has 0 aromatic carbocycles. The van der Waals surface area contributed by atoms with Gasteiger partial charge in [0.15, 0.2) is 0 Å². The molecule has 4 heteroatoms. The fraction of sp³-hybridized carbons (Fsp3) is 0.364. The lowest BCUT2D eigenvalue weighted by molar-refractivity contribution is 0.624. The van der Waals surface area contributed by atoms with E-state index in [1.807, 2.05) is 6.07 Å². The molecule has 0 saturated heterocycles.